The predicted molar refractivity (Wildman–Crippen MR) is 105 cm³/mol. The number of hydrogen-bond acceptors (Lipinski definition) is 4. The second-order valence-corrected chi connectivity index (χ2v) is 8.65. The summed E-state index contributed by atoms with van der Waals surface area (Å²) in [6, 6.07) is 11.3. The molecule has 0 heterocycles. The molecule has 144 valence electrons. The third-order valence-corrected chi connectivity index (χ3v) is 6.09. The summed E-state index contributed by atoms with van der Waals surface area (Å²) in [7, 11) is -2.48. The lowest BCUT2D eigenvalue weighted by Gasteiger charge is -2.20. The number of ether oxygens (including phenoxy) is 1. The van der Waals surface area contributed by atoms with Crippen LogP contribution in [-0.2, 0) is 14.8 Å². The van der Waals surface area contributed by atoms with Gasteiger partial charge < -0.3 is 10.1 Å². The van der Waals surface area contributed by atoms with Gasteiger partial charge in [-0.3, -0.25) is 4.79 Å². The van der Waals surface area contributed by atoms with E-state index < -0.39 is 10.0 Å². The van der Waals surface area contributed by atoms with Crippen molar-refractivity contribution < 1.29 is 17.9 Å². The molecule has 0 saturated heterocycles. The van der Waals surface area contributed by atoms with E-state index in [0.717, 1.165) is 18.4 Å². The van der Waals surface area contributed by atoms with Crippen LogP contribution in [0.5, 0.6) is 5.75 Å². The molecular formula is C19H21ClN2O4S. The molecule has 6 nitrogen and oxygen atoms in total. The number of amides is 1. The topological polar surface area (TPSA) is 84.5 Å². The van der Waals surface area contributed by atoms with E-state index in [0.29, 0.717) is 10.7 Å². The largest absolute Gasteiger partial charge is 0.495 e. The quantitative estimate of drug-likeness (QED) is 0.730. The lowest BCUT2D eigenvalue weighted by atomic mass is 10.0. The number of nitrogens with one attached hydrogen (secondary N) is 2. The Labute approximate surface area is 163 Å². The van der Waals surface area contributed by atoms with Gasteiger partial charge in [0.2, 0.25) is 15.9 Å². The maximum absolute atomic E-state index is 13.1. The Morgan fingerprint density at radius 1 is 1.19 bits per heavy atom. The Bertz CT molecular complexity index is 941. The zero-order valence-corrected chi connectivity index (χ0v) is 16.6. The summed E-state index contributed by atoms with van der Waals surface area (Å²) in [6.07, 6.45) is 1.91. The van der Waals surface area contributed by atoms with E-state index in [1.165, 1.54) is 26.2 Å². The number of anilines is 1. The van der Waals surface area contributed by atoms with Crippen molar-refractivity contribution >= 4 is 33.2 Å². The van der Waals surface area contributed by atoms with Gasteiger partial charge in [-0.15, -0.1) is 0 Å². The maximum Gasteiger partial charge on any atom is 0.244 e. The van der Waals surface area contributed by atoms with Crippen molar-refractivity contribution in [2.45, 2.75) is 30.7 Å². The average molecular weight is 409 g/mol. The predicted octanol–water partition coefficient (Wildman–Crippen LogP) is 3.74. The molecule has 3 rings (SSSR count). The van der Waals surface area contributed by atoms with Gasteiger partial charge in [0.05, 0.1) is 7.11 Å². The summed E-state index contributed by atoms with van der Waals surface area (Å²) in [6.45, 7) is 1.36. The first-order valence-corrected chi connectivity index (χ1v) is 10.4. The maximum atomic E-state index is 13.1. The molecule has 0 spiro atoms. The monoisotopic (exact) mass is 408 g/mol. The fourth-order valence-electron chi connectivity index (χ4n) is 2.93. The Balaban J connectivity index is 1.94. The number of halogens is 1. The zero-order valence-electron chi connectivity index (χ0n) is 15.0. The van der Waals surface area contributed by atoms with Crippen LogP contribution in [0.25, 0.3) is 0 Å². The molecule has 1 saturated carbocycles. The van der Waals surface area contributed by atoms with Crippen LogP contribution in [0.4, 0.5) is 5.69 Å². The minimum Gasteiger partial charge on any atom is -0.495 e. The van der Waals surface area contributed by atoms with Crippen LogP contribution in [0.15, 0.2) is 47.4 Å². The van der Waals surface area contributed by atoms with Gasteiger partial charge in [0.25, 0.3) is 0 Å². The minimum absolute atomic E-state index is 0.0177. The molecule has 0 radical (unpaired) electrons. The number of sulfonamides is 1. The zero-order chi connectivity index (χ0) is 19.6. The van der Waals surface area contributed by atoms with Gasteiger partial charge in [0.1, 0.15) is 10.6 Å². The summed E-state index contributed by atoms with van der Waals surface area (Å²) in [5.74, 6) is 0.168. The fraction of sp³-hybridized carbons (Fsp3) is 0.316. The Hall–Kier alpha value is -2.09. The summed E-state index contributed by atoms with van der Waals surface area (Å²) >= 11 is 5.95. The first kappa shape index (κ1) is 19.7. The van der Waals surface area contributed by atoms with Crippen molar-refractivity contribution in [3.63, 3.8) is 0 Å². The molecule has 0 unspecified atom stereocenters. The number of hydrogen-bond donors (Lipinski definition) is 2. The van der Waals surface area contributed by atoms with Crippen molar-refractivity contribution in [1.82, 2.24) is 4.72 Å². The standard InChI is InChI=1S/C19H21ClN2O4S/c1-12(23)21-16-9-10-17(26-2)18(11-16)27(24,25)22-19(13-3-4-13)14-5-7-15(20)8-6-14/h5-11,13,19,22H,3-4H2,1-2H3,(H,21,23)/t19-/m0/s1. The third-order valence-electron chi connectivity index (χ3n) is 4.38. The van der Waals surface area contributed by atoms with Crippen molar-refractivity contribution in [3.05, 3.63) is 53.1 Å². The SMILES string of the molecule is COc1ccc(NC(C)=O)cc1S(=O)(=O)N[C@H](c1ccc(Cl)cc1)C1CC1. The van der Waals surface area contributed by atoms with E-state index in [-0.39, 0.29) is 28.5 Å². The molecule has 0 aromatic heterocycles. The number of carbonyl (C=O) groups excluding carboxylic acids is 1. The van der Waals surface area contributed by atoms with Gasteiger partial charge >= 0.3 is 0 Å². The van der Waals surface area contributed by atoms with Crippen LogP contribution in [0, 0.1) is 5.92 Å². The van der Waals surface area contributed by atoms with Crippen LogP contribution < -0.4 is 14.8 Å². The van der Waals surface area contributed by atoms with Crippen LogP contribution in [0.3, 0.4) is 0 Å². The van der Waals surface area contributed by atoms with Crippen molar-refractivity contribution in [2.24, 2.45) is 5.92 Å². The third kappa shape index (κ3) is 4.80. The molecule has 1 fully saturated rings. The highest BCUT2D eigenvalue weighted by molar-refractivity contribution is 7.89. The summed E-state index contributed by atoms with van der Waals surface area (Å²) in [5, 5.41) is 3.19. The summed E-state index contributed by atoms with van der Waals surface area (Å²) < 4.78 is 34.2. The van der Waals surface area contributed by atoms with Crippen molar-refractivity contribution in [2.75, 3.05) is 12.4 Å². The van der Waals surface area contributed by atoms with Gasteiger partial charge in [0, 0.05) is 23.7 Å². The Morgan fingerprint density at radius 3 is 2.41 bits per heavy atom. The lowest BCUT2D eigenvalue weighted by molar-refractivity contribution is -0.114. The van der Waals surface area contributed by atoms with Gasteiger partial charge in [-0.05, 0) is 54.7 Å². The molecule has 27 heavy (non-hydrogen) atoms. The molecular weight excluding hydrogens is 388 g/mol. The first-order chi connectivity index (χ1) is 12.8. The summed E-state index contributed by atoms with van der Waals surface area (Å²) in [5.41, 5.74) is 1.25. The highest BCUT2D eigenvalue weighted by Gasteiger charge is 2.36. The van der Waals surface area contributed by atoms with Crippen LogP contribution in [-0.4, -0.2) is 21.4 Å². The van der Waals surface area contributed by atoms with Crippen molar-refractivity contribution in [3.8, 4) is 5.75 Å². The van der Waals surface area contributed by atoms with Gasteiger partial charge in [-0.2, -0.15) is 0 Å². The van der Waals surface area contributed by atoms with E-state index in [2.05, 4.69) is 10.0 Å². The van der Waals surface area contributed by atoms with Crippen LogP contribution in [0.2, 0.25) is 5.02 Å². The van der Waals surface area contributed by atoms with Crippen molar-refractivity contribution in [1.29, 1.82) is 0 Å². The van der Waals surface area contributed by atoms with E-state index in [1.54, 1.807) is 18.2 Å². The van der Waals surface area contributed by atoms with Crippen LogP contribution >= 0.6 is 11.6 Å². The molecule has 2 aromatic rings. The smallest absolute Gasteiger partial charge is 0.244 e. The highest BCUT2D eigenvalue weighted by Crippen LogP contribution is 2.42. The second-order valence-electron chi connectivity index (χ2n) is 6.53. The average Bonchev–Trinajstić information content (AvgIpc) is 3.45. The molecule has 2 N–H and O–H groups in total. The molecule has 1 aliphatic carbocycles. The summed E-state index contributed by atoms with van der Waals surface area (Å²) in [4.78, 5) is 11.3. The lowest BCUT2D eigenvalue weighted by Crippen LogP contribution is -2.30. The second kappa shape index (κ2) is 7.88. The Morgan fingerprint density at radius 2 is 1.85 bits per heavy atom. The molecule has 0 aliphatic heterocycles. The van der Waals surface area contributed by atoms with Gasteiger partial charge in [-0.1, -0.05) is 23.7 Å². The number of methoxy groups -OCH3 is 1. The molecule has 1 aliphatic rings. The molecule has 1 atom stereocenters. The number of carbonyl (C=O) groups is 1. The highest BCUT2D eigenvalue weighted by atomic mass is 35.5. The normalized spacial score (nSPS) is 15.2. The van der Waals surface area contributed by atoms with E-state index >= 15 is 0 Å². The van der Waals surface area contributed by atoms with Gasteiger partial charge in [-0.25, -0.2) is 13.1 Å². The van der Waals surface area contributed by atoms with E-state index in [4.69, 9.17) is 16.3 Å². The minimum atomic E-state index is -3.88. The Kier molecular flexibility index (Phi) is 5.74. The molecule has 8 heteroatoms. The van der Waals surface area contributed by atoms with Gasteiger partial charge in [0.15, 0.2) is 0 Å². The first-order valence-electron chi connectivity index (χ1n) is 8.53. The van der Waals surface area contributed by atoms with Crippen LogP contribution in [0.1, 0.15) is 31.4 Å². The number of benzene rings is 2. The number of rotatable bonds is 7. The molecule has 0 bridgehead atoms. The van der Waals surface area contributed by atoms with E-state index in [9.17, 15) is 13.2 Å². The molecule has 2 aromatic carbocycles. The van der Waals surface area contributed by atoms with E-state index in [1.807, 2.05) is 12.1 Å². The fourth-order valence-corrected chi connectivity index (χ4v) is 4.55. The molecule has 1 amide bonds.